The smallest absolute Gasteiger partial charge is 0.303 e. The van der Waals surface area contributed by atoms with E-state index in [-0.39, 0.29) is 22.9 Å². The Kier molecular flexibility index (Phi) is 7.07. The molecule has 0 amide bonds. The minimum absolute atomic E-state index is 0.0835. The summed E-state index contributed by atoms with van der Waals surface area (Å²) in [5.41, 5.74) is 0. The summed E-state index contributed by atoms with van der Waals surface area (Å²) >= 11 is 5.55. The minimum Gasteiger partial charge on any atom is -0.481 e. The van der Waals surface area contributed by atoms with Gasteiger partial charge in [0.1, 0.15) is 5.82 Å². The number of hydrogen-bond donors (Lipinski definition) is 2. The molecule has 0 spiro atoms. The molecule has 0 aliphatic rings. The second-order valence-electron chi connectivity index (χ2n) is 4.53. The van der Waals surface area contributed by atoms with Gasteiger partial charge in [0.2, 0.25) is 10.0 Å². The Balaban J connectivity index is 2.36. The maximum absolute atomic E-state index is 13.0. The number of carbonyl (C=O) groups is 1. The molecule has 0 unspecified atom stereocenters. The summed E-state index contributed by atoms with van der Waals surface area (Å²) in [7, 11) is -3.70. The first-order valence-electron chi connectivity index (χ1n) is 6.49. The molecule has 1 aromatic rings. The average Bonchev–Trinajstić information content (AvgIpc) is 2.40. The number of unbranched alkanes of at least 4 members (excludes halogenated alkanes) is 3. The maximum Gasteiger partial charge on any atom is 0.303 e. The van der Waals surface area contributed by atoms with Crippen molar-refractivity contribution in [1.82, 2.24) is 4.72 Å². The summed E-state index contributed by atoms with van der Waals surface area (Å²) < 4.78 is 39.2. The standard InChI is InChI=1S/C13H17ClFNO4S/c14-11-9-10(6-7-12(11)15)21(19,20)16-8-4-2-1-3-5-13(17)18/h6-7,9,16H,1-5,8H2,(H,17,18). The first-order valence-corrected chi connectivity index (χ1v) is 8.35. The van der Waals surface area contributed by atoms with Crippen molar-refractivity contribution in [3.8, 4) is 0 Å². The molecule has 1 rings (SSSR count). The molecular weight excluding hydrogens is 321 g/mol. The van der Waals surface area contributed by atoms with Gasteiger partial charge < -0.3 is 5.11 Å². The lowest BCUT2D eigenvalue weighted by atomic mass is 10.1. The van der Waals surface area contributed by atoms with Gasteiger partial charge in [0, 0.05) is 13.0 Å². The van der Waals surface area contributed by atoms with Crippen molar-refractivity contribution < 1.29 is 22.7 Å². The number of carboxylic acid groups (broad SMARTS) is 1. The normalized spacial score (nSPS) is 11.5. The van der Waals surface area contributed by atoms with E-state index in [0.29, 0.717) is 12.8 Å². The fourth-order valence-electron chi connectivity index (χ4n) is 1.69. The minimum atomic E-state index is -3.70. The highest BCUT2D eigenvalue weighted by molar-refractivity contribution is 7.89. The fourth-order valence-corrected chi connectivity index (χ4v) is 3.03. The molecule has 0 saturated carbocycles. The van der Waals surface area contributed by atoms with Crippen LogP contribution in [0.3, 0.4) is 0 Å². The van der Waals surface area contributed by atoms with Crippen LogP contribution in [0, 0.1) is 5.82 Å². The maximum atomic E-state index is 13.0. The van der Waals surface area contributed by atoms with E-state index in [1.807, 2.05) is 0 Å². The van der Waals surface area contributed by atoms with Gasteiger partial charge in [-0.25, -0.2) is 17.5 Å². The molecule has 0 aliphatic heterocycles. The predicted octanol–water partition coefficient (Wildman–Crippen LogP) is 2.79. The van der Waals surface area contributed by atoms with E-state index in [4.69, 9.17) is 16.7 Å². The van der Waals surface area contributed by atoms with Crippen LogP contribution in [-0.4, -0.2) is 26.0 Å². The Bertz CT molecular complexity index is 592. The lowest BCUT2D eigenvalue weighted by Crippen LogP contribution is -2.24. The zero-order valence-electron chi connectivity index (χ0n) is 11.3. The fraction of sp³-hybridized carbons (Fsp3) is 0.462. The summed E-state index contributed by atoms with van der Waals surface area (Å²) in [5.74, 6) is -1.50. The van der Waals surface area contributed by atoms with Crippen LogP contribution < -0.4 is 4.72 Å². The third-order valence-electron chi connectivity index (χ3n) is 2.81. The van der Waals surface area contributed by atoms with Crippen molar-refractivity contribution in [1.29, 1.82) is 0 Å². The monoisotopic (exact) mass is 337 g/mol. The largest absolute Gasteiger partial charge is 0.481 e. The van der Waals surface area contributed by atoms with Crippen molar-refractivity contribution in [3.63, 3.8) is 0 Å². The van der Waals surface area contributed by atoms with Crippen LogP contribution in [0.25, 0.3) is 0 Å². The number of benzene rings is 1. The Morgan fingerprint density at radius 2 is 1.90 bits per heavy atom. The molecule has 0 atom stereocenters. The summed E-state index contributed by atoms with van der Waals surface area (Å²) in [6, 6.07) is 3.21. The van der Waals surface area contributed by atoms with Crippen molar-refractivity contribution in [2.75, 3.05) is 6.54 Å². The van der Waals surface area contributed by atoms with Crippen LogP contribution in [0.2, 0.25) is 5.02 Å². The summed E-state index contributed by atoms with van der Waals surface area (Å²) in [6.45, 7) is 0.240. The number of aliphatic carboxylic acids is 1. The third kappa shape index (κ3) is 6.41. The van der Waals surface area contributed by atoms with Gasteiger partial charge in [-0.15, -0.1) is 0 Å². The quantitative estimate of drug-likeness (QED) is 0.679. The molecule has 0 fully saturated rings. The average molecular weight is 338 g/mol. The molecule has 0 heterocycles. The van der Waals surface area contributed by atoms with E-state index < -0.39 is 21.8 Å². The van der Waals surface area contributed by atoms with Gasteiger partial charge in [0.15, 0.2) is 0 Å². The Morgan fingerprint density at radius 3 is 2.52 bits per heavy atom. The van der Waals surface area contributed by atoms with Crippen LogP contribution in [0.4, 0.5) is 4.39 Å². The Morgan fingerprint density at radius 1 is 1.24 bits per heavy atom. The second kappa shape index (κ2) is 8.31. The molecule has 8 heteroatoms. The molecule has 0 aromatic heterocycles. The van der Waals surface area contributed by atoms with E-state index in [1.54, 1.807) is 0 Å². The van der Waals surface area contributed by atoms with Crippen LogP contribution >= 0.6 is 11.6 Å². The highest BCUT2D eigenvalue weighted by atomic mass is 35.5. The third-order valence-corrected chi connectivity index (χ3v) is 4.56. The molecule has 0 aliphatic carbocycles. The number of hydrogen-bond acceptors (Lipinski definition) is 3. The lowest BCUT2D eigenvalue weighted by molar-refractivity contribution is -0.137. The molecule has 2 N–H and O–H groups in total. The van der Waals surface area contributed by atoms with Gasteiger partial charge >= 0.3 is 5.97 Å². The number of sulfonamides is 1. The van der Waals surface area contributed by atoms with Gasteiger partial charge in [0.05, 0.1) is 9.92 Å². The van der Waals surface area contributed by atoms with Crippen molar-refractivity contribution in [3.05, 3.63) is 29.0 Å². The Hall–Kier alpha value is -1.18. The number of nitrogens with one attached hydrogen (secondary N) is 1. The van der Waals surface area contributed by atoms with E-state index in [2.05, 4.69) is 4.72 Å². The number of carboxylic acids is 1. The highest BCUT2D eigenvalue weighted by Gasteiger charge is 2.15. The molecule has 118 valence electrons. The van der Waals surface area contributed by atoms with Crippen LogP contribution in [0.1, 0.15) is 32.1 Å². The summed E-state index contributed by atoms with van der Waals surface area (Å²) in [5, 5.41) is 8.22. The molecule has 0 radical (unpaired) electrons. The molecule has 5 nitrogen and oxygen atoms in total. The highest BCUT2D eigenvalue weighted by Crippen LogP contribution is 2.19. The molecular formula is C13H17ClFNO4S. The first kappa shape index (κ1) is 17.9. The first-order chi connectivity index (χ1) is 9.83. The van der Waals surface area contributed by atoms with Gasteiger partial charge in [0.25, 0.3) is 0 Å². The number of rotatable bonds is 9. The molecule has 21 heavy (non-hydrogen) atoms. The zero-order chi connectivity index (χ0) is 15.9. The molecule has 1 aromatic carbocycles. The van der Waals surface area contributed by atoms with Gasteiger partial charge in [-0.3, -0.25) is 4.79 Å². The Labute approximate surface area is 128 Å². The van der Waals surface area contributed by atoms with E-state index >= 15 is 0 Å². The van der Waals surface area contributed by atoms with Gasteiger partial charge in [-0.05, 0) is 31.0 Å². The van der Waals surface area contributed by atoms with Gasteiger partial charge in [-0.1, -0.05) is 24.4 Å². The molecule has 0 bridgehead atoms. The number of halogens is 2. The zero-order valence-corrected chi connectivity index (χ0v) is 12.9. The predicted molar refractivity (Wildman–Crippen MR) is 77.3 cm³/mol. The van der Waals surface area contributed by atoms with E-state index in [9.17, 15) is 17.6 Å². The van der Waals surface area contributed by atoms with Gasteiger partial charge in [-0.2, -0.15) is 0 Å². The van der Waals surface area contributed by atoms with Crippen LogP contribution in [0.15, 0.2) is 23.1 Å². The van der Waals surface area contributed by atoms with Crippen LogP contribution in [-0.2, 0) is 14.8 Å². The van der Waals surface area contributed by atoms with E-state index in [1.165, 1.54) is 0 Å². The van der Waals surface area contributed by atoms with Crippen molar-refractivity contribution in [2.45, 2.75) is 37.0 Å². The van der Waals surface area contributed by atoms with Crippen molar-refractivity contribution in [2.24, 2.45) is 0 Å². The summed E-state index contributed by atoms with van der Waals surface area (Å²) in [4.78, 5) is 10.2. The lowest BCUT2D eigenvalue weighted by Gasteiger charge is -2.07. The summed E-state index contributed by atoms with van der Waals surface area (Å²) in [6.07, 6.45) is 2.78. The van der Waals surface area contributed by atoms with E-state index in [0.717, 1.165) is 31.0 Å². The SMILES string of the molecule is O=C(O)CCCCCCNS(=O)(=O)c1ccc(F)c(Cl)c1. The van der Waals surface area contributed by atoms with Crippen LogP contribution in [0.5, 0.6) is 0 Å². The molecule has 0 saturated heterocycles. The second-order valence-corrected chi connectivity index (χ2v) is 6.71. The topological polar surface area (TPSA) is 83.5 Å². The van der Waals surface area contributed by atoms with Crippen molar-refractivity contribution >= 4 is 27.6 Å².